The SMILES string of the molecule is CCCCOCCOCCOCOCCOCCOCCOCCOCCOCCOCCOCCOCCC(=O)OC. The van der Waals surface area contributed by atoms with Crippen LogP contribution in [0.4, 0.5) is 0 Å². The zero-order valence-electron chi connectivity index (χ0n) is 26.6. The van der Waals surface area contributed by atoms with E-state index < -0.39 is 0 Å². The van der Waals surface area contributed by atoms with Crippen molar-refractivity contribution in [2.24, 2.45) is 0 Å². The Morgan fingerprint density at radius 3 is 0.907 bits per heavy atom. The molecule has 0 aliphatic rings. The molecule has 0 bridgehead atoms. The summed E-state index contributed by atoms with van der Waals surface area (Å²) in [5, 5.41) is 0. The molecule has 0 heterocycles. The highest BCUT2D eigenvalue weighted by Gasteiger charge is 1.99. The van der Waals surface area contributed by atoms with Crippen molar-refractivity contribution in [2.75, 3.05) is 159 Å². The molecule has 0 saturated carbocycles. The van der Waals surface area contributed by atoms with Crippen molar-refractivity contribution in [3.05, 3.63) is 0 Å². The summed E-state index contributed by atoms with van der Waals surface area (Å²) >= 11 is 0. The maximum Gasteiger partial charge on any atom is 0.307 e. The van der Waals surface area contributed by atoms with Crippen LogP contribution in [0.1, 0.15) is 26.2 Å². The average Bonchev–Trinajstić information content (AvgIpc) is 3.02. The van der Waals surface area contributed by atoms with Crippen LogP contribution in [-0.2, 0) is 66.4 Å². The lowest BCUT2D eigenvalue weighted by Crippen LogP contribution is -2.15. The molecule has 0 aliphatic carbocycles. The molecule has 0 aromatic heterocycles. The monoisotopic (exact) mass is 630 g/mol. The normalized spacial score (nSPS) is 11.4. The molecule has 0 amide bonds. The first-order valence-electron chi connectivity index (χ1n) is 15.3. The van der Waals surface area contributed by atoms with Crippen LogP contribution in [0.25, 0.3) is 0 Å². The van der Waals surface area contributed by atoms with Crippen molar-refractivity contribution in [2.45, 2.75) is 26.2 Å². The molecule has 0 radical (unpaired) electrons. The second-order valence-corrected chi connectivity index (χ2v) is 8.74. The summed E-state index contributed by atoms with van der Waals surface area (Å²) in [6, 6.07) is 0. The van der Waals surface area contributed by atoms with Gasteiger partial charge in [0.15, 0.2) is 0 Å². The maximum absolute atomic E-state index is 10.9. The fourth-order valence-corrected chi connectivity index (χ4v) is 2.88. The van der Waals surface area contributed by atoms with E-state index in [0.29, 0.717) is 139 Å². The number of methoxy groups -OCH3 is 1. The van der Waals surface area contributed by atoms with Gasteiger partial charge in [-0.15, -0.1) is 0 Å². The van der Waals surface area contributed by atoms with Crippen LogP contribution < -0.4 is 0 Å². The van der Waals surface area contributed by atoms with Gasteiger partial charge >= 0.3 is 5.97 Å². The zero-order valence-corrected chi connectivity index (χ0v) is 26.6. The van der Waals surface area contributed by atoms with Crippen LogP contribution in [0.2, 0.25) is 0 Å². The van der Waals surface area contributed by atoms with E-state index in [1.165, 1.54) is 7.11 Å². The third kappa shape index (κ3) is 39.0. The fraction of sp³-hybridized carbons (Fsp3) is 0.966. The summed E-state index contributed by atoms with van der Waals surface area (Å²) in [4.78, 5) is 10.9. The molecular weight excluding hydrogens is 572 g/mol. The second-order valence-electron chi connectivity index (χ2n) is 8.74. The summed E-state index contributed by atoms with van der Waals surface area (Å²) in [7, 11) is 1.35. The Kier molecular flexibility index (Phi) is 38.1. The van der Waals surface area contributed by atoms with Crippen molar-refractivity contribution >= 4 is 5.97 Å². The van der Waals surface area contributed by atoms with Crippen LogP contribution in [-0.4, -0.2) is 165 Å². The zero-order chi connectivity index (χ0) is 31.2. The quantitative estimate of drug-likeness (QED) is 0.0554. The van der Waals surface area contributed by atoms with Crippen LogP contribution in [0.15, 0.2) is 0 Å². The van der Waals surface area contributed by atoms with E-state index in [4.69, 9.17) is 56.8 Å². The average molecular weight is 631 g/mol. The third-order valence-electron chi connectivity index (χ3n) is 5.21. The van der Waals surface area contributed by atoms with Gasteiger partial charge in [-0.3, -0.25) is 4.79 Å². The largest absolute Gasteiger partial charge is 0.469 e. The molecule has 0 aromatic rings. The highest BCUT2D eigenvalue weighted by molar-refractivity contribution is 5.69. The van der Waals surface area contributed by atoms with Gasteiger partial charge in [-0.25, -0.2) is 0 Å². The van der Waals surface area contributed by atoms with Crippen LogP contribution >= 0.6 is 0 Å². The van der Waals surface area contributed by atoms with Gasteiger partial charge < -0.3 is 61.6 Å². The lowest BCUT2D eigenvalue weighted by atomic mass is 10.4. The Bertz CT molecular complexity index is 529. The molecule has 14 heteroatoms. The first-order chi connectivity index (χ1) is 21.3. The number of hydrogen-bond donors (Lipinski definition) is 0. The molecule has 0 aliphatic heterocycles. The van der Waals surface area contributed by atoms with Crippen molar-refractivity contribution in [3.8, 4) is 0 Å². The van der Waals surface area contributed by atoms with Gasteiger partial charge in [0.2, 0.25) is 0 Å². The van der Waals surface area contributed by atoms with Gasteiger partial charge in [0.05, 0.1) is 152 Å². The number of rotatable bonds is 38. The molecule has 0 rings (SSSR count). The standard InChI is InChI=1S/C29H58O14/c1-3-4-6-32-8-10-40-24-26-42-28-43-27-25-41-23-22-39-21-20-38-19-18-37-17-16-36-15-14-35-13-12-34-11-9-33-7-5-29(30)31-2/h3-28H2,1-2H3. The lowest BCUT2D eigenvalue weighted by Gasteiger charge is -2.09. The van der Waals surface area contributed by atoms with E-state index >= 15 is 0 Å². The van der Waals surface area contributed by atoms with E-state index in [9.17, 15) is 4.79 Å². The molecular formula is C29H58O14. The molecule has 0 fully saturated rings. The van der Waals surface area contributed by atoms with Crippen molar-refractivity contribution in [3.63, 3.8) is 0 Å². The van der Waals surface area contributed by atoms with E-state index in [1.807, 2.05) is 0 Å². The van der Waals surface area contributed by atoms with E-state index in [0.717, 1.165) is 19.4 Å². The van der Waals surface area contributed by atoms with Crippen molar-refractivity contribution < 1.29 is 66.4 Å². The molecule has 43 heavy (non-hydrogen) atoms. The Labute approximate surface area is 258 Å². The molecule has 258 valence electrons. The van der Waals surface area contributed by atoms with Gasteiger partial charge in [0, 0.05) is 6.61 Å². The summed E-state index contributed by atoms with van der Waals surface area (Å²) in [6.45, 7) is 13.4. The van der Waals surface area contributed by atoms with E-state index in [2.05, 4.69) is 11.7 Å². The summed E-state index contributed by atoms with van der Waals surface area (Å²) in [5.74, 6) is -0.285. The number of hydrogen-bond acceptors (Lipinski definition) is 14. The molecule has 14 nitrogen and oxygen atoms in total. The van der Waals surface area contributed by atoms with Crippen LogP contribution in [0.5, 0.6) is 0 Å². The van der Waals surface area contributed by atoms with E-state index in [1.54, 1.807) is 0 Å². The number of unbranched alkanes of at least 4 members (excludes halogenated alkanes) is 1. The first kappa shape index (κ1) is 42.0. The molecule has 0 spiro atoms. The lowest BCUT2D eigenvalue weighted by molar-refractivity contribution is -0.141. The second kappa shape index (κ2) is 39.0. The predicted molar refractivity (Wildman–Crippen MR) is 157 cm³/mol. The van der Waals surface area contributed by atoms with Gasteiger partial charge in [0.1, 0.15) is 6.79 Å². The Hall–Kier alpha value is -1.01. The number of carbonyl (C=O) groups excluding carboxylic acids is 1. The number of ether oxygens (including phenoxy) is 13. The van der Waals surface area contributed by atoms with Crippen molar-refractivity contribution in [1.29, 1.82) is 0 Å². The topological polar surface area (TPSA) is 137 Å². The Morgan fingerprint density at radius 1 is 0.372 bits per heavy atom. The minimum atomic E-state index is -0.285. The maximum atomic E-state index is 10.9. The van der Waals surface area contributed by atoms with Gasteiger partial charge in [-0.05, 0) is 6.42 Å². The molecule has 0 unspecified atom stereocenters. The van der Waals surface area contributed by atoms with E-state index in [-0.39, 0.29) is 19.2 Å². The summed E-state index contributed by atoms with van der Waals surface area (Å²) < 4.78 is 69.3. The highest BCUT2D eigenvalue weighted by atomic mass is 16.7. The smallest absolute Gasteiger partial charge is 0.307 e. The van der Waals surface area contributed by atoms with Gasteiger partial charge in [-0.1, -0.05) is 13.3 Å². The molecule has 0 N–H and O–H groups in total. The Morgan fingerprint density at radius 2 is 0.628 bits per heavy atom. The van der Waals surface area contributed by atoms with Crippen LogP contribution in [0, 0.1) is 0 Å². The fourth-order valence-electron chi connectivity index (χ4n) is 2.88. The third-order valence-corrected chi connectivity index (χ3v) is 5.21. The highest BCUT2D eigenvalue weighted by Crippen LogP contribution is 1.90. The molecule has 0 aromatic carbocycles. The number of carbonyl (C=O) groups is 1. The van der Waals surface area contributed by atoms with Crippen LogP contribution in [0.3, 0.4) is 0 Å². The summed E-state index contributed by atoms with van der Waals surface area (Å²) in [6.07, 6.45) is 2.47. The molecule has 0 saturated heterocycles. The van der Waals surface area contributed by atoms with Gasteiger partial charge in [0.25, 0.3) is 0 Å². The molecule has 0 atom stereocenters. The van der Waals surface area contributed by atoms with Gasteiger partial charge in [-0.2, -0.15) is 0 Å². The minimum Gasteiger partial charge on any atom is -0.469 e. The Balaban J connectivity index is 3.04. The number of esters is 1. The van der Waals surface area contributed by atoms with Crippen molar-refractivity contribution in [1.82, 2.24) is 0 Å². The predicted octanol–water partition coefficient (Wildman–Crippen LogP) is 1.51. The first-order valence-corrected chi connectivity index (χ1v) is 15.3. The summed E-state index contributed by atoms with van der Waals surface area (Å²) in [5.41, 5.74) is 0. The minimum absolute atomic E-state index is 0.220.